The normalized spacial score (nSPS) is 17.7. The highest BCUT2D eigenvalue weighted by molar-refractivity contribution is 5.97. The summed E-state index contributed by atoms with van der Waals surface area (Å²) in [4.78, 5) is 40.7. The maximum absolute atomic E-state index is 13.7. The number of carbonyl (C=O) groups is 3. The van der Waals surface area contributed by atoms with Crippen molar-refractivity contribution < 1.29 is 14.4 Å². The van der Waals surface area contributed by atoms with Crippen LogP contribution < -0.4 is 10.6 Å². The molecule has 1 unspecified atom stereocenters. The average molecular weight is 512 g/mol. The van der Waals surface area contributed by atoms with Gasteiger partial charge in [-0.05, 0) is 61.3 Å². The molecule has 6 nitrogen and oxygen atoms in total. The van der Waals surface area contributed by atoms with E-state index in [1.807, 2.05) is 42.5 Å². The molecule has 0 bridgehead atoms. The Bertz CT molecular complexity index is 1220. The van der Waals surface area contributed by atoms with Gasteiger partial charge in [0.25, 0.3) is 5.91 Å². The Labute approximate surface area is 225 Å². The van der Waals surface area contributed by atoms with Crippen LogP contribution in [0, 0.1) is 6.92 Å². The lowest BCUT2D eigenvalue weighted by atomic mass is 9.91. The molecule has 1 aliphatic heterocycles. The van der Waals surface area contributed by atoms with Crippen LogP contribution in [0.25, 0.3) is 0 Å². The number of rotatable bonds is 4. The van der Waals surface area contributed by atoms with Gasteiger partial charge in [-0.25, -0.2) is 0 Å². The lowest BCUT2D eigenvalue weighted by molar-refractivity contribution is -0.123. The Morgan fingerprint density at radius 3 is 2.34 bits per heavy atom. The molecule has 3 aromatic rings. The van der Waals surface area contributed by atoms with E-state index in [4.69, 9.17) is 0 Å². The molecule has 0 aliphatic carbocycles. The number of hydrogen-bond donors (Lipinski definition) is 2. The Morgan fingerprint density at radius 1 is 0.842 bits per heavy atom. The van der Waals surface area contributed by atoms with Crippen LogP contribution in [-0.4, -0.2) is 48.8 Å². The van der Waals surface area contributed by atoms with Gasteiger partial charge in [-0.2, -0.15) is 0 Å². The summed E-state index contributed by atoms with van der Waals surface area (Å²) in [6, 6.07) is 26.0. The first-order valence-corrected chi connectivity index (χ1v) is 13.5. The Hall–Kier alpha value is -3.93. The minimum atomic E-state index is -0.165. The van der Waals surface area contributed by atoms with Crippen LogP contribution in [0.15, 0.2) is 78.9 Å². The van der Waals surface area contributed by atoms with Crippen molar-refractivity contribution in [2.45, 2.75) is 44.9 Å². The van der Waals surface area contributed by atoms with Crippen LogP contribution in [0.3, 0.4) is 0 Å². The van der Waals surface area contributed by atoms with E-state index in [0.717, 1.165) is 24.0 Å². The highest BCUT2D eigenvalue weighted by Crippen LogP contribution is 2.24. The maximum atomic E-state index is 13.7. The van der Waals surface area contributed by atoms with Crippen LogP contribution in [0.2, 0.25) is 0 Å². The lowest BCUT2D eigenvalue weighted by Gasteiger charge is -2.25. The zero-order chi connectivity index (χ0) is 26.7. The van der Waals surface area contributed by atoms with E-state index in [1.54, 1.807) is 4.90 Å². The number of amides is 3. The molecule has 0 spiro atoms. The van der Waals surface area contributed by atoms with Crippen molar-refractivity contribution >= 4 is 17.7 Å². The molecule has 1 heterocycles. The SMILES string of the molecule is Cc1ccc(Cc2ccccc2C(=O)N2CCCNC(=O)CCC(c3ccccc3)CCNC(=O)C2)cc1. The summed E-state index contributed by atoms with van der Waals surface area (Å²) >= 11 is 0. The van der Waals surface area contributed by atoms with Gasteiger partial charge < -0.3 is 15.5 Å². The standard InChI is InChI=1S/C32H37N3O3/c1-24-12-14-25(15-13-24)22-28-10-5-6-11-29(28)32(38)35-21-7-19-33-30(36)17-16-27(18-20-34-31(37)23-35)26-8-3-2-4-9-26/h2-6,8-15,27H,7,16-23H2,1H3,(H,33,36)(H,34,37). The first-order chi connectivity index (χ1) is 18.5. The fourth-order valence-electron chi connectivity index (χ4n) is 4.94. The Balaban J connectivity index is 1.48. The highest BCUT2D eigenvalue weighted by Gasteiger charge is 2.22. The quantitative estimate of drug-likeness (QED) is 0.537. The molecule has 0 saturated carbocycles. The van der Waals surface area contributed by atoms with Gasteiger partial charge in [0.05, 0.1) is 6.54 Å². The van der Waals surface area contributed by atoms with Gasteiger partial charge in [-0.3, -0.25) is 14.4 Å². The third-order valence-electron chi connectivity index (χ3n) is 7.12. The number of hydrogen-bond acceptors (Lipinski definition) is 3. The summed E-state index contributed by atoms with van der Waals surface area (Å²) in [7, 11) is 0. The number of nitrogens with one attached hydrogen (secondary N) is 2. The highest BCUT2D eigenvalue weighted by atomic mass is 16.2. The van der Waals surface area contributed by atoms with Crippen LogP contribution in [0.5, 0.6) is 0 Å². The van der Waals surface area contributed by atoms with Gasteiger partial charge in [0.2, 0.25) is 11.8 Å². The number of nitrogens with zero attached hydrogens (tertiary/aromatic N) is 1. The lowest BCUT2D eigenvalue weighted by Crippen LogP contribution is -2.43. The Morgan fingerprint density at radius 2 is 1.55 bits per heavy atom. The van der Waals surface area contributed by atoms with Gasteiger partial charge in [0, 0.05) is 31.6 Å². The number of aryl methyl sites for hydroxylation is 1. The van der Waals surface area contributed by atoms with E-state index in [1.165, 1.54) is 11.1 Å². The molecule has 6 heteroatoms. The molecule has 0 radical (unpaired) electrons. The molecule has 1 saturated heterocycles. The number of benzene rings is 3. The third-order valence-corrected chi connectivity index (χ3v) is 7.12. The third kappa shape index (κ3) is 7.78. The van der Waals surface area contributed by atoms with Gasteiger partial charge in [-0.15, -0.1) is 0 Å². The molecule has 1 atom stereocenters. The van der Waals surface area contributed by atoms with Crippen LogP contribution in [-0.2, 0) is 16.0 Å². The first-order valence-electron chi connectivity index (χ1n) is 13.5. The topological polar surface area (TPSA) is 78.5 Å². The van der Waals surface area contributed by atoms with Gasteiger partial charge in [0.15, 0.2) is 0 Å². The van der Waals surface area contributed by atoms with Crippen molar-refractivity contribution in [2.75, 3.05) is 26.2 Å². The second-order valence-electron chi connectivity index (χ2n) is 10.0. The summed E-state index contributed by atoms with van der Waals surface area (Å²) in [6.45, 7) is 3.38. The smallest absolute Gasteiger partial charge is 0.254 e. The summed E-state index contributed by atoms with van der Waals surface area (Å²) < 4.78 is 0. The average Bonchev–Trinajstić information content (AvgIpc) is 2.93. The Kier molecular flexibility index (Phi) is 9.68. The molecule has 2 N–H and O–H groups in total. The summed E-state index contributed by atoms with van der Waals surface area (Å²) in [5, 5.41) is 6.00. The van der Waals surface area contributed by atoms with E-state index >= 15 is 0 Å². The van der Waals surface area contributed by atoms with E-state index in [0.29, 0.717) is 44.5 Å². The van der Waals surface area contributed by atoms with Crippen molar-refractivity contribution in [2.24, 2.45) is 0 Å². The summed E-state index contributed by atoms with van der Waals surface area (Å²) in [5.41, 5.74) is 5.03. The second kappa shape index (κ2) is 13.6. The minimum absolute atomic E-state index is 0.0123. The van der Waals surface area contributed by atoms with Gasteiger partial charge in [0.1, 0.15) is 0 Å². The summed E-state index contributed by atoms with van der Waals surface area (Å²) in [6.07, 6.45) is 3.11. The van der Waals surface area contributed by atoms with E-state index in [9.17, 15) is 14.4 Å². The predicted octanol–water partition coefficient (Wildman–Crippen LogP) is 4.62. The molecule has 0 aromatic heterocycles. The van der Waals surface area contributed by atoms with Crippen molar-refractivity contribution in [1.82, 2.24) is 15.5 Å². The van der Waals surface area contributed by atoms with E-state index in [2.05, 4.69) is 54.0 Å². The molecule has 38 heavy (non-hydrogen) atoms. The van der Waals surface area contributed by atoms with Crippen molar-refractivity contribution in [3.05, 3.63) is 107 Å². The van der Waals surface area contributed by atoms with Crippen LogP contribution >= 0.6 is 0 Å². The largest absolute Gasteiger partial charge is 0.356 e. The van der Waals surface area contributed by atoms with Gasteiger partial charge >= 0.3 is 0 Å². The predicted molar refractivity (Wildman–Crippen MR) is 150 cm³/mol. The zero-order valence-electron chi connectivity index (χ0n) is 22.1. The molecule has 3 amide bonds. The second-order valence-corrected chi connectivity index (χ2v) is 10.0. The zero-order valence-corrected chi connectivity index (χ0v) is 22.1. The molecule has 1 aliphatic rings. The fraction of sp³-hybridized carbons (Fsp3) is 0.344. The van der Waals surface area contributed by atoms with Crippen molar-refractivity contribution in [1.29, 1.82) is 0 Å². The van der Waals surface area contributed by atoms with E-state index < -0.39 is 0 Å². The number of carbonyl (C=O) groups excluding carboxylic acids is 3. The summed E-state index contributed by atoms with van der Waals surface area (Å²) in [5.74, 6) is -0.129. The molecular formula is C32H37N3O3. The monoisotopic (exact) mass is 511 g/mol. The van der Waals surface area contributed by atoms with Crippen LogP contribution in [0.4, 0.5) is 0 Å². The minimum Gasteiger partial charge on any atom is -0.356 e. The molecule has 4 rings (SSSR count). The van der Waals surface area contributed by atoms with Crippen LogP contribution in [0.1, 0.15) is 64.2 Å². The van der Waals surface area contributed by atoms with E-state index in [-0.39, 0.29) is 30.2 Å². The first kappa shape index (κ1) is 27.1. The van der Waals surface area contributed by atoms with Crippen molar-refractivity contribution in [3.8, 4) is 0 Å². The molecule has 198 valence electrons. The maximum Gasteiger partial charge on any atom is 0.254 e. The molecular weight excluding hydrogens is 474 g/mol. The molecule has 3 aromatic carbocycles. The van der Waals surface area contributed by atoms with Crippen molar-refractivity contribution in [3.63, 3.8) is 0 Å². The fourth-order valence-corrected chi connectivity index (χ4v) is 4.94. The van der Waals surface area contributed by atoms with Gasteiger partial charge in [-0.1, -0.05) is 78.4 Å². The molecule has 1 fully saturated rings.